The van der Waals surface area contributed by atoms with E-state index in [2.05, 4.69) is 4.74 Å². The average molecular weight is 292 g/mol. The molecule has 1 rings (SSSR count). The second-order valence-electron chi connectivity index (χ2n) is 4.10. The number of hydrogen-bond donors (Lipinski definition) is 0. The molecular formula is C13H12F4O3. The van der Waals surface area contributed by atoms with E-state index in [9.17, 15) is 27.2 Å². The Kier molecular flexibility index (Phi) is 5.24. The molecule has 0 aromatic heterocycles. The van der Waals surface area contributed by atoms with Crippen LogP contribution >= 0.6 is 0 Å². The van der Waals surface area contributed by atoms with Gasteiger partial charge in [-0.15, -0.1) is 0 Å². The summed E-state index contributed by atoms with van der Waals surface area (Å²) in [5.74, 6) is -2.36. The summed E-state index contributed by atoms with van der Waals surface area (Å²) >= 11 is 0. The van der Waals surface area contributed by atoms with Crippen LogP contribution in [0.5, 0.6) is 0 Å². The summed E-state index contributed by atoms with van der Waals surface area (Å²) in [5, 5.41) is 0. The van der Waals surface area contributed by atoms with E-state index in [1.165, 1.54) is 7.11 Å². The largest absolute Gasteiger partial charge is 0.469 e. The van der Waals surface area contributed by atoms with Gasteiger partial charge in [-0.3, -0.25) is 9.59 Å². The molecule has 0 amide bonds. The molecule has 0 saturated carbocycles. The lowest BCUT2D eigenvalue weighted by Crippen LogP contribution is -2.10. The zero-order chi connectivity index (χ0) is 15.3. The van der Waals surface area contributed by atoms with Gasteiger partial charge in [0, 0.05) is 12.8 Å². The zero-order valence-corrected chi connectivity index (χ0v) is 10.6. The van der Waals surface area contributed by atoms with E-state index in [1.54, 1.807) is 0 Å². The Labute approximate surface area is 112 Å². The molecule has 0 atom stereocenters. The molecule has 7 heteroatoms. The highest BCUT2D eigenvalue weighted by Crippen LogP contribution is 2.31. The lowest BCUT2D eigenvalue weighted by Gasteiger charge is -2.09. The summed E-state index contributed by atoms with van der Waals surface area (Å²) in [6.07, 6.45) is -5.21. The normalized spacial score (nSPS) is 11.2. The maximum atomic E-state index is 13.3. The van der Waals surface area contributed by atoms with Crippen LogP contribution in [0, 0.1) is 5.82 Å². The summed E-state index contributed by atoms with van der Waals surface area (Å²) in [6.45, 7) is 0. The standard InChI is InChI=1S/C13H12F4O3/c1-20-12(19)5-3-9(18)6-8-2-4-10(11(14)7-8)13(15,16)17/h2,4,7H,3,5-6H2,1H3. The highest BCUT2D eigenvalue weighted by molar-refractivity contribution is 5.84. The second kappa shape index (κ2) is 6.49. The maximum Gasteiger partial charge on any atom is 0.419 e. The number of rotatable bonds is 5. The summed E-state index contributed by atoms with van der Waals surface area (Å²) in [7, 11) is 1.18. The number of benzene rings is 1. The number of carbonyl (C=O) groups excluding carboxylic acids is 2. The minimum atomic E-state index is -4.77. The van der Waals surface area contributed by atoms with Gasteiger partial charge in [-0.2, -0.15) is 13.2 Å². The molecule has 0 aliphatic rings. The van der Waals surface area contributed by atoms with Crippen LogP contribution in [0.3, 0.4) is 0 Å². The monoisotopic (exact) mass is 292 g/mol. The first kappa shape index (κ1) is 16.1. The first-order valence-corrected chi connectivity index (χ1v) is 5.68. The third-order valence-electron chi connectivity index (χ3n) is 2.58. The lowest BCUT2D eigenvalue weighted by atomic mass is 10.0. The molecule has 3 nitrogen and oxygen atoms in total. The highest BCUT2D eigenvalue weighted by Gasteiger charge is 2.33. The van der Waals surface area contributed by atoms with Crippen molar-refractivity contribution in [3.05, 3.63) is 35.1 Å². The number of ketones is 1. The summed E-state index contributed by atoms with van der Waals surface area (Å²) in [4.78, 5) is 22.3. The smallest absolute Gasteiger partial charge is 0.419 e. The van der Waals surface area contributed by atoms with Gasteiger partial charge in [0.2, 0.25) is 0 Å². The molecule has 0 unspecified atom stereocenters. The minimum absolute atomic E-state index is 0.102. The van der Waals surface area contributed by atoms with E-state index < -0.39 is 23.5 Å². The Morgan fingerprint density at radius 3 is 2.35 bits per heavy atom. The molecule has 0 heterocycles. The summed E-state index contributed by atoms with van der Waals surface area (Å²) in [5.41, 5.74) is -1.24. The van der Waals surface area contributed by atoms with Crippen molar-refractivity contribution in [1.82, 2.24) is 0 Å². The van der Waals surface area contributed by atoms with E-state index in [1.807, 2.05) is 0 Å². The minimum Gasteiger partial charge on any atom is -0.469 e. The van der Waals surface area contributed by atoms with E-state index in [-0.39, 0.29) is 30.6 Å². The molecule has 0 saturated heterocycles. The van der Waals surface area contributed by atoms with Crippen LogP contribution in [-0.2, 0) is 26.9 Å². The van der Waals surface area contributed by atoms with Crippen molar-refractivity contribution in [3.63, 3.8) is 0 Å². The van der Waals surface area contributed by atoms with E-state index in [0.29, 0.717) is 12.1 Å². The van der Waals surface area contributed by atoms with Crippen molar-refractivity contribution in [3.8, 4) is 0 Å². The van der Waals surface area contributed by atoms with E-state index in [0.717, 1.165) is 6.07 Å². The van der Waals surface area contributed by atoms with Gasteiger partial charge in [-0.05, 0) is 17.7 Å². The Morgan fingerprint density at radius 1 is 1.20 bits per heavy atom. The van der Waals surface area contributed by atoms with Gasteiger partial charge < -0.3 is 4.74 Å². The number of carbonyl (C=O) groups is 2. The number of methoxy groups -OCH3 is 1. The predicted octanol–water partition coefficient (Wildman–Crippen LogP) is 2.91. The first-order valence-electron chi connectivity index (χ1n) is 5.68. The van der Waals surface area contributed by atoms with Gasteiger partial charge in [0.25, 0.3) is 0 Å². The van der Waals surface area contributed by atoms with Crippen molar-refractivity contribution in [2.45, 2.75) is 25.4 Å². The fourth-order valence-electron chi connectivity index (χ4n) is 1.56. The van der Waals surface area contributed by atoms with Crippen LogP contribution < -0.4 is 0 Å². The number of alkyl halides is 3. The topological polar surface area (TPSA) is 43.4 Å². The van der Waals surface area contributed by atoms with Crippen molar-refractivity contribution < 1.29 is 31.9 Å². The van der Waals surface area contributed by atoms with Gasteiger partial charge in [-0.25, -0.2) is 4.39 Å². The molecule has 0 bridgehead atoms. The Morgan fingerprint density at radius 2 is 1.85 bits per heavy atom. The van der Waals surface area contributed by atoms with E-state index >= 15 is 0 Å². The van der Waals surface area contributed by atoms with Crippen molar-refractivity contribution in [2.75, 3.05) is 7.11 Å². The number of halogens is 4. The van der Waals surface area contributed by atoms with Gasteiger partial charge in [0.05, 0.1) is 19.1 Å². The Hall–Kier alpha value is -1.92. The SMILES string of the molecule is COC(=O)CCC(=O)Cc1ccc(C(F)(F)F)c(F)c1. The van der Waals surface area contributed by atoms with E-state index in [4.69, 9.17) is 0 Å². The molecule has 0 aliphatic carbocycles. The van der Waals surface area contributed by atoms with Crippen LogP contribution in [-0.4, -0.2) is 18.9 Å². The van der Waals surface area contributed by atoms with Crippen LogP contribution in [0.1, 0.15) is 24.0 Å². The first-order chi connectivity index (χ1) is 9.24. The van der Waals surface area contributed by atoms with Crippen molar-refractivity contribution in [1.29, 1.82) is 0 Å². The molecule has 0 aliphatic heterocycles. The van der Waals surface area contributed by atoms with Gasteiger partial charge in [-0.1, -0.05) is 6.07 Å². The molecule has 0 radical (unpaired) electrons. The molecule has 1 aromatic rings. The fraction of sp³-hybridized carbons (Fsp3) is 0.385. The molecule has 0 spiro atoms. The Balaban J connectivity index is 2.68. The van der Waals surface area contributed by atoms with Crippen LogP contribution in [0.2, 0.25) is 0 Å². The second-order valence-corrected chi connectivity index (χ2v) is 4.10. The molecule has 20 heavy (non-hydrogen) atoms. The van der Waals surface area contributed by atoms with Crippen molar-refractivity contribution in [2.24, 2.45) is 0 Å². The number of hydrogen-bond acceptors (Lipinski definition) is 3. The number of ether oxygens (including phenoxy) is 1. The third-order valence-corrected chi connectivity index (χ3v) is 2.58. The van der Waals surface area contributed by atoms with Gasteiger partial charge >= 0.3 is 12.1 Å². The third kappa shape index (κ3) is 4.64. The lowest BCUT2D eigenvalue weighted by molar-refractivity contribution is -0.142. The number of Topliss-reactive ketones (excluding diaryl/α,β-unsaturated/α-hetero) is 1. The van der Waals surface area contributed by atoms with Crippen LogP contribution in [0.25, 0.3) is 0 Å². The van der Waals surface area contributed by atoms with Crippen LogP contribution in [0.15, 0.2) is 18.2 Å². The zero-order valence-electron chi connectivity index (χ0n) is 10.6. The molecule has 110 valence electrons. The summed E-state index contributed by atoms with van der Waals surface area (Å²) < 4.78 is 54.6. The summed E-state index contributed by atoms with van der Waals surface area (Å²) in [6, 6.07) is 2.32. The molecule has 0 N–H and O–H groups in total. The fourth-order valence-corrected chi connectivity index (χ4v) is 1.56. The maximum absolute atomic E-state index is 13.3. The van der Waals surface area contributed by atoms with Gasteiger partial charge in [0.1, 0.15) is 11.6 Å². The van der Waals surface area contributed by atoms with Gasteiger partial charge in [0.15, 0.2) is 0 Å². The van der Waals surface area contributed by atoms with Crippen LogP contribution in [0.4, 0.5) is 17.6 Å². The molecular weight excluding hydrogens is 280 g/mol. The quantitative estimate of drug-likeness (QED) is 0.619. The average Bonchev–Trinajstić information content (AvgIpc) is 2.34. The predicted molar refractivity (Wildman–Crippen MR) is 61.4 cm³/mol. The Bertz CT molecular complexity index is 509. The van der Waals surface area contributed by atoms with Crippen molar-refractivity contribution >= 4 is 11.8 Å². The molecule has 1 aromatic carbocycles. The molecule has 0 fully saturated rings. The number of esters is 1. The highest BCUT2D eigenvalue weighted by atomic mass is 19.4.